The van der Waals surface area contributed by atoms with Gasteiger partial charge in [-0.25, -0.2) is 9.59 Å². The van der Waals surface area contributed by atoms with Crippen molar-refractivity contribution in [2.24, 2.45) is 0 Å². The lowest BCUT2D eigenvalue weighted by atomic mass is 10.1. The van der Waals surface area contributed by atoms with Crippen molar-refractivity contribution in [2.45, 2.75) is 32.9 Å². The van der Waals surface area contributed by atoms with Gasteiger partial charge in [0.1, 0.15) is 23.8 Å². The number of nitrogens with zero attached hydrogens (tertiary/aromatic N) is 1. The van der Waals surface area contributed by atoms with Gasteiger partial charge >= 0.3 is 11.7 Å². The van der Waals surface area contributed by atoms with Gasteiger partial charge in [0.15, 0.2) is 0 Å². The lowest BCUT2D eigenvalue weighted by Gasteiger charge is -2.13. The summed E-state index contributed by atoms with van der Waals surface area (Å²) in [5, 5.41) is 10.5. The van der Waals surface area contributed by atoms with Crippen LogP contribution in [0.2, 0.25) is 15.1 Å². The first-order valence-corrected chi connectivity index (χ1v) is 12.9. The Bertz CT molecular complexity index is 1550. The maximum absolute atomic E-state index is 12.7. The number of oxazole rings is 1. The third-order valence-electron chi connectivity index (χ3n) is 5.87. The van der Waals surface area contributed by atoms with Crippen LogP contribution < -0.4 is 10.5 Å². The molecule has 0 aliphatic carbocycles. The van der Waals surface area contributed by atoms with Gasteiger partial charge in [-0.3, -0.25) is 4.57 Å². The van der Waals surface area contributed by atoms with Crippen LogP contribution in [-0.4, -0.2) is 15.6 Å². The van der Waals surface area contributed by atoms with Crippen LogP contribution in [0, 0.1) is 0 Å². The monoisotopic (exact) mass is 571 g/mol. The van der Waals surface area contributed by atoms with E-state index in [1.807, 2.05) is 13.8 Å². The largest absolute Gasteiger partial charge is 0.487 e. The van der Waals surface area contributed by atoms with Crippen molar-refractivity contribution in [3.63, 3.8) is 0 Å². The second-order valence-electron chi connectivity index (χ2n) is 8.86. The van der Waals surface area contributed by atoms with Crippen LogP contribution in [0.25, 0.3) is 12.2 Å². The number of ether oxygens (including phenoxy) is 1. The summed E-state index contributed by atoms with van der Waals surface area (Å²) in [7, 11) is 0. The molecule has 0 fully saturated rings. The number of carboxylic acid groups (broad SMARTS) is 1. The van der Waals surface area contributed by atoms with Crippen molar-refractivity contribution < 1.29 is 19.1 Å². The molecule has 6 nitrogen and oxygen atoms in total. The predicted molar refractivity (Wildman–Crippen MR) is 151 cm³/mol. The fourth-order valence-corrected chi connectivity index (χ4v) is 4.65. The summed E-state index contributed by atoms with van der Waals surface area (Å²) in [6.45, 7) is 4.06. The second-order valence-corrected chi connectivity index (χ2v) is 10.1. The lowest BCUT2D eigenvalue weighted by Crippen LogP contribution is -2.19. The van der Waals surface area contributed by atoms with Crippen molar-refractivity contribution >= 4 is 52.9 Å². The fraction of sp³-hybridized carbons (Fsp3) is 0.172. The Hall–Kier alpha value is -3.45. The van der Waals surface area contributed by atoms with Crippen LogP contribution in [-0.2, 0) is 13.2 Å². The van der Waals surface area contributed by atoms with Crippen LogP contribution in [0.3, 0.4) is 0 Å². The van der Waals surface area contributed by atoms with E-state index in [-0.39, 0.29) is 24.6 Å². The molecular formula is C29H24Cl3NO5. The maximum atomic E-state index is 12.7. The average Bonchev–Trinajstić information content (AvgIpc) is 3.19. The van der Waals surface area contributed by atoms with Crippen LogP contribution in [0.1, 0.15) is 58.3 Å². The number of rotatable bonds is 9. The molecule has 0 saturated heterocycles. The lowest BCUT2D eigenvalue weighted by molar-refractivity contribution is 0.0697. The van der Waals surface area contributed by atoms with Crippen molar-refractivity contribution in [2.75, 3.05) is 0 Å². The number of carbonyl (C=O) groups is 1. The Balaban J connectivity index is 1.55. The van der Waals surface area contributed by atoms with E-state index in [1.165, 1.54) is 10.6 Å². The number of carboxylic acids is 1. The topological polar surface area (TPSA) is 81.7 Å². The Kier molecular flexibility index (Phi) is 8.67. The van der Waals surface area contributed by atoms with E-state index >= 15 is 0 Å². The average molecular weight is 573 g/mol. The van der Waals surface area contributed by atoms with E-state index < -0.39 is 11.7 Å². The minimum Gasteiger partial charge on any atom is -0.487 e. The van der Waals surface area contributed by atoms with Gasteiger partial charge in [0.2, 0.25) is 0 Å². The summed E-state index contributed by atoms with van der Waals surface area (Å²) in [6, 6.07) is 17.0. The minimum absolute atomic E-state index is 0.0556. The van der Waals surface area contributed by atoms with Crippen molar-refractivity contribution in [1.82, 2.24) is 4.57 Å². The van der Waals surface area contributed by atoms with E-state index in [0.717, 1.165) is 11.1 Å². The van der Waals surface area contributed by atoms with Crippen molar-refractivity contribution in [1.29, 1.82) is 0 Å². The molecule has 196 valence electrons. The van der Waals surface area contributed by atoms with E-state index in [0.29, 0.717) is 37.8 Å². The highest BCUT2D eigenvalue weighted by Crippen LogP contribution is 2.29. The van der Waals surface area contributed by atoms with Gasteiger partial charge in [0, 0.05) is 21.5 Å². The Morgan fingerprint density at radius 3 is 2.37 bits per heavy atom. The van der Waals surface area contributed by atoms with Gasteiger partial charge in [0.25, 0.3) is 0 Å². The van der Waals surface area contributed by atoms with E-state index in [9.17, 15) is 14.7 Å². The molecule has 0 unspecified atom stereocenters. The number of benzene rings is 3. The van der Waals surface area contributed by atoms with E-state index in [4.69, 9.17) is 44.0 Å². The Morgan fingerprint density at radius 1 is 1.00 bits per heavy atom. The molecule has 0 atom stereocenters. The standard InChI is InChI=1S/C29H24Cl3NO5/c1-17(2)27-26(33(29(36)38-27)15-22-23(30)7-4-8-24(22)31)16-37-21-12-11-19(25(32)14-21)10-9-18-5-3-6-20(13-18)28(34)35/h3-14,17H,15-16H2,1-2H3,(H,34,35)/b10-9+. The zero-order valence-corrected chi connectivity index (χ0v) is 22.8. The van der Waals surface area contributed by atoms with Crippen molar-refractivity contribution in [3.8, 4) is 5.75 Å². The molecule has 1 aromatic heterocycles. The SMILES string of the molecule is CC(C)c1oc(=O)n(Cc2c(Cl)cccc2Cl)c1COc1ccc(/C=C/c2cccc(C(=O)O)c2)c(Cl)c1. The third-order valence-corrected chi connectivity index (χ3v) is 6.90. The highest BCUT2D eigenvalue weighted by atomic mass is 35.5. The van der Waals surface area contributed by atoms with Crippen molar-refractivity contribution in [3.05, 3.63) is 120 Å². The van der Waals surface area contributed by atoms with Gasteiger partial charge in [0.05, 0.1) is 17.1 Å². The molecule has 38 heavy (non-hydrogen) atoms. The Morgan fingerprint density at radius 2 is 1.71 bits per heavy atom. The number of hydrogen-bond donors (Lipinski definition) is 1. The molecule has 4 aromatic rings. The summed E-state index contributed by atoms with van der Waals surface area (Å²) in [5.41, 5.74) is 2.87. The van der Waals surface area contributed by atoms with Crippen LogP contribution >= 0.6 is 34.8 Å². The molecule has 0 radical (unpaired) electrons. The first kappa shape index (κ1) is 27.6. The normalized spacial score (nSPS) is 11.4. The summed E-state index contributed by atoms with van der Waals surface area (Å²) < 4.78 is 13.1. The molecule has 0 amide bonds. The first-order valence-electron chi connectivity index (χ1n) is 11.7. The third kappa shape index (κ3) is 6.33. The van der Waals surface area contributed by atoms with Crippen LogP contribution in [0.5, 0.6) is 5.75 Å². The summed E-state index contributed by atoms with van der Waals surface area (Å²) in [6.07, 6.45) is 3.58. The smallest absolute Gasteiger partial charge is 0.419 e. The molecule has 3 aromatic carbocycles. The maximum Gasteiger partial charge on any atom is 0.419 e. The zero-order chi connectivity index (χ0) is 27.4. The Labute approximate surface area is 234 Å². The quantitative estimate of drug-likeness (QED) is 0.205. The molecule has 4 rings (SSSR count). The highest BCUT2D eigenvalue weighted by Gasteiger charge is 2.21. The minimum atomic E-state index is -0.988. The van der Waals surface area contributed by atoms with Gasteiger partial charge in [-0.2, -0.15) is 0 Å². The summed E-state index contributed by atoms with van der Waals surface area (Å²) >= 11 is 19.2. The molecule has 1 heterocycles. The molecule has 9 heteroatoms. The number of aromatic carboxylic acids is 1. The van der Waals surface area contributed by atoms with Gasteiger partial charge in [-0.05, 0) is 53.6 Å². The fourth-order valence-electron chi connectivity index (χ4n) is 3.90. The van der Waals surface area contributed by atoms with Crippen LogP contribution in [0.15, 0.2) is 69.9 Å². The molecular weight excluding hydrogens is 549 g/mol. The zero-order valence-electron chi connectivity index (χ0n) is 20.6. The summed E-state index contributed by atoms with van der Waals surface area (Å²) in [5.74, 6) is -0.537. The molecule has 0 bridgehead atoms. The molecule has 0 aliphatic heterocycles. The van der Waals surface area contributed by atoms with Gasteiger partial charge in [-0.15, -0.1) is 0 Å². The predicted octanol–water partition coefficient (Wildman–Crippen LogP) is 8.02. The van der Waals surface area contributed by atoms with Gasteiger partial charge in [-0.1, -0.05) is 79.0 Å². The second kappa shape index (κ2) is 11.9. The number of hydrogen-bond acceptors (Lipinski definition) is 4. The van der Waals surface area contributed by atoms with Gasteiger partial charge < -0.3 is 14.3 Å². The number of halogens is 3. The van der Waals surface area contributed by atoms with E-state index in [2.05, 4.69) is 0 Å². The molecule has 0 aliphatic rings. The number of aromatic nitrogens is 1. The first-order chi connectivity index (χ1) is 18.1. The highest BCUT2D eigenvalue weighted by molar-refractivity contribution is 6.36. The molecule has 0 spiro atoms. The molecule has 0 saturated carbocycles. The van der Waals surface area contributed by atoms with Crippen LogP contribution in [0.4, 0.5) is 0 Å². The summed E-state index contributed by atoms with van der Waals surface area (Å²) in [4.78, 5) is 23.9. The van der Waals surface area contributed by atoms with E-state index in [1.54, 1.807) is 66.7 Å². The molecule has 1 N–H and O–H groups in total.